The molecule has 0 aromatic rings. The third-order valence-corrected chi connectivity index (χ3v) is 2.50. The molecular weight excluding hydrogens is 200 g/mol. The minimum Gasteiger partial charge on any atom is -0.355 e. The number of ether oxygens (including phenoxy) is 4. The van der Waals surface area contributed by atoms with Gasteiger partial charge >= 0.3 is 0 Å². The SMILES string of the molecule is COC(OC)C1CN=NC1C(OC)OC. The van der Waals surface area contributed by atoms with Crippen molar-refractivity contribution in [3.8, 4) is 0 Å². The molecule has 6 heteroatoms. The summed E-state index contributed by atoms with van der Waals surface area (Å²) >= 11 is 0. The number of hydrogen-bond acceptors (Lipinski definition) is 6. The molecule has 2 unspecified atom stereocenters. The van der Waals surface area contributed by atoms with Gasteiger partial charge in [0.25, 0.3) is 0 Å². The van der Waals surface area contributed by atoms with Crippen molar-refractivity contribution in [2.24, 2.45) is 16.1 Å². The van der Waals surface area contributed by atoms with Crippen LogP contribution in [0.15, 0.2) is 10.2 Å². The predicted octanol–water partition coefficient (Wildman–Crippen LogP) is 0.675. The van der Waals surface area contributed by atoms with Crippen LogP contribution in [-0.2, 0) is 18.9 Å². The Labute approximate surface area is 89.6 Å². The molecule has 2 atom stereocenters. The molecule has 0 fully saturated rings. The fourth-order valence-electron chi connectivity index (χ4n) is 1.75. The Morgan fingerprint density at radius 3 is 1.93 bits per heavy atom. The molecule has 1 heterocycles. The summed E-state index contributed by atoms with van der Waals surface area (Å²) in [6.07, 6.45) is -0.744. The predicted molar refractivity (Wildman–Crippen MR) is 52.6 cm³/mol. The molecule has 0 aliphatic carbocycles. The summed E-state index contributed by atoms with van der Waals surface area (Å²) in [5.74, 6) is 0.0323. The monoisotopic (exact) mass is 218 g/mol. The van der Waals surface area contributed by atoms with Gasteiger partial charge in [0.2, 0.25) is 0 Å². The van der Waals surface area contributed by atoms with E-state index in [2.05, 4.69) is 10.2 Å². The van der Waals surface area contributed by atoms with Crippen LogP contribution >= 0.6 is 0 Å². The molecule has 0 saturated carbocycles. The van der Waals surface area contributed by atoms with E-state index < -0.39 is 6.29 Å². The molecule has 0 spiro atoms. The summed E-state index contributed by atoms with van der Waals surface area (Å²) in [6.45, 7) is 0.570. The van der Waals surface area contributed by atoms with Crippen LogP contribution in [0.4, 0.5) is 0 Å². The van der Waals surface area contributed by atoms with Gasteiger partial charge in [0, 0.05) is 28.4 Å². The van der Waals surface area contributed by atoms with Crippen molar-refractivity contribution in [1.29, 1.82) is 0 Å². The lowest BCUT2D eigenvalue weighted by Gasteiger charge is -2.27. The summed E-state index contributed by atoms with van der Waals surface area (Å²) < 4.78 is 20.7. The summed E-state index contributed by atoms with van der Waals surface area (Å²) in [7, 11) is 6.34. The molecule has 0 bridgehead atoms. The number of azo groups is 1. The van der Waals surface area contributed by atoms with Crippen molar-refractivity contribution in [1.82, 2.24) is 0 Å². The zero-order chi connectivity index (χ0) is 11.3. The standard InChI is InChI=1S/C9H18N2O4/c1-12-8(13-2)6-5-10-11-7(6)9(14-3)15-4/h6-9H,5H2,1-4H3. The lowest BCUT2D eigenvalue weighted by Crippen LogP contribution is -2.41. The van der Waals surface area contributed by atoms with Crippen molar-refractivity contribution in [2.75, 3.05) is 35.0 Å². The van der Waals surface area contributed by atoms with Crippen molar-refractivity contribution < 1.29 is 18.9 Å². The summed E-state index contributed by atoms with van der Waals surface area (Å²) in [5.41, 5.74) is 0. The van der Waals surface area contributed by atoms with Crippen LogP contribution in [0.1, 0.15) is 0 Å². The minimum absolute atomic E-state index is 0.0323. The first-order chi connectivity index (χ1) is 7.28. The van der Waals surface area contributed by atoms with Gasteiger partial charge in [-0.1, -0.05) is 0 Å². The molecule has 0 amide bonds. The largest absolute Gasteiger partial charge is 0.355 e. The smallest absolute Gasteiger partial charge is 0.181 e. The lowest BCUT2D eigenvalue weighted by molar-refractivity contribution is -0.173. The van der Waals surface area contributed by atoms with Gasteiger partial charge in [0.15, 0.2) is 12.6 Å². The Kier molecular flexibility index (Phi) is 5.10. The molecule has 0 aromatic heterocycles. The third-order valence-electron chi connectivity index (χ3n) is 2.50. The van der Waals surface area contributed by atoms with E-state index in [1.165, 1.54) is 0 Å². The Balaban J connectivity index is 2.65. The van der Waals surface area contributed by atoms with Crippen LogP contribution in [0.3, 0.4) is 0 Å². The maximum Gasteiger partial charge on any atom is 0.181 e. The van der Waals surface area contributed by atoms with Crippen LogP contribution < -0.4 is 0 Å². The Morgan fingerprint density at radius 2 is 1.47 bits per heavy atom. The highest BCUT2D eigenvalue weighted by atomic mass is 16.7. The highest BCUT2D eigenvalue weighted by Gasteiger charge is 2.39. The first-order valence-corrected chi connectivity index (χ1v) is 4.76. The molecular formula is C9H18N2O4. The normalized spacial score (nSPS) is 25.7. The average molecular weight is 218 g/mol. The summed E-state index contributed by atoms with van der Waals surface area (Å²) in [4.78, 5) is 0. The Morgan fingerprint density at radius 1 is 0.933 bits per heavy atom. The summed E-state index contributed by atoms with van der Waals surface area (Å²) in [5, 5.41) is 8.08. The Bertz CT molecular complexity index is 204. The highest BCUT2D eigenvalue weighted by Crippen LogP contribution is 2.26. The van der Waals surface area contributed by atoms with Crippen LogP contribution in [0.5, 0.6) is 0 Å². The van der Waals surface area contributed by atoms with Gasteiger partial charge in [-0.3, -0.25) is 0 Å². The highest BCUT2D eigenvalue weighted by molar-refractivity contribution is 4.86. The van der Waals surface area contributed by atoms with Gasteiger partial charge in [0.1, 0.15) is 6.04 Å². The van der Waals surface area contributed by atoms with E-state index in [4.69, 9.17) is 18.9 Å². The van der Waals surface area contributed by atoms with Crippen molar-refractivity contribution in [3.63, 3.8) is 0 Å². The lowest BCUT2D eigenvalue weighted by atomic mass is 10.0. The second-order valence-corrected chi connectivity index (χ2v) is 3.27. The molecule has 88 valence electrons. The van der Waals surface area contributed by atoms with Gasteiger partial charge in [-0.25, -0.2) is 0 Å². The van der Waals surface area contributed by atoms with E-state index >= 15 is 0 Å². The molecule has 0 radical (unpaired) electrons. The third kappa shape index (κ3) is 2.72. The van der Waals surface area contributed by atoms with E-state index in [9.17, 15) is 0 Å². The quantitative estimate of drug-likeness (QED) is 0.615. The first-order valence-electron chi connectivity index (χ1n) is 4.76. The van der Waals surface area contributed by atoms with E-state index in [1.807, 2.05) is 0 Å². The van der Waals surface area contributed by atoms with Gasteiger partial charge in [-0.15, -0.1) is 0 Å². The van der Waals surface area contributed by atoms with Gasteiger partial charge in [-0.05, 0) is 0 Å². The minimum atomic E-state index is -0.408. The van der Waals surface area contributed by atoms with Crippen molar-refractivity contribution in [3.05, 3.63) is 0 Å². The van der Waals surface area contributed by atoms with Crippen molar-refractivity contribution in [2.45, 2.75) is 18.6 Å². The topological polar surface area (TPSA) is 61.6 Å². The zero-order valence-electron chi connectivity index (χ0n) is 9.54. The fraction of sp³-hybridized carbons (Fsp3) is 1.00. The van der Waals surface area contributed by atoms with Crippen LogP contribution in [0.2, 0.25) is 0 Å². The second-order valence-electron chi connectivity index (χ2n) is 3.27. The van der Waals surface area contributed by atoms with E-state index in [0.717, 1.165) is 0 Å². The molecule has 15 heavy (non-hydrogen) atoms. The molecule has 0 N–H and O–H groups in total. The van der Waals surface area contributed by atoms with E-state index in [1.54, 1.807) is 28.4 Å². The van der Waals surface area contributed by atoms with E-state index in [-0.39, 0.29) is 18.2 Å². The van der Waals surface area contributed by atoms with Crippen molar-refractivity contribution >= 4 is 0 Å². The fourth-order valence-corrected chi connectivity index (χ4v) is 1.75. The van der Waals surface area contributed by atoms with Crippen LogP contribution in [0, 0.1) is 5.92 Å². The summed E-state index contributed by atoms with van der Waals surface area (Å²) in [6, 6.07) is -0.176. The molecule has 0 aromatic carbocycles. The molecule has 6 nitrogen and oxygen atoms in total. The maximum atomic E-state index is 5.20. The van der Waals surface area contributed by atoms with E-state index in [0.29, 0.717) is 6.54 Å². The van der Waals surface area contributed by atoms with Gasteiger partial charge in [0.05, 0.1) is 12.5 Å². The van der Waals surface area contributed by atoms with Gasteiger partial charge < -0.3 is 18.9 Å². The number of nitrogens with zero attached hydrogens (tertiary/aromatic N) is 2. The average Bonchev–Trinajstić information content (AvgIpc) is 2.71. The number of methoxy groups -OCH3 is 4. The zero-order valence-corrected chi connectivity index (χ0v) is 9.54. The van der Waals surface area contributed by atoms with Gasteiger partial charge in [-0.2, -0.15) is 10.2 Å². The molecule has 1 rings (SSSR count). The first kappa shape index (κ1) is 12.5. The van der Waals surface area contributed by atoms with Crippen LogP contribution in [-0.4, -0.2) is 53.6 Å². The number of rotatable bonds is 6. The molecule has 1 aliphatic heterocycles. The second kappa shape index (κ2) is 6.12. The number of hydrogen-bond donors (Lipinski definition) is 0. The Hall–Kier alpha value is -0.560. The molecule has 0 saturated heterocycles. The maximum absolute atomic E-state index is 5.20. The van der Waals surface area contributed by atoms with Crippen LogP contribution in [0.25, 0.3) is 0 Å². The molecule has 1 aliphatic rings.